The molecule has 0 heterocycles. The van der Waals surface area contributed by atoms with Gasteiger partial charge in [-0.1, -0.05) is 28.1 Å². The SMILES string of the molecule is COC(=O)c1ccccc1NC(=O)C/C(C)=N/NC(=O)COc1ccc(Br)c(C)c1. The third-order valence-corrected chi connectivity index (χ3v) is 4.78. The molecule has 0 aliphatic rings. The van der Waals surface area contributed by atoms with E-state index in [1.807, 2.05) is 19.1 Å². The van der Waals surface area contributed by atoms with E-state index in [2.05, 4.69) is 31.8 Å². The second-order valence-electron chi connectivity index (χ2n) is 6.34. The monoisotopic (exact) mass is 475 g/mol. The van der Waals surface area contributed by atoms with Crippen LogP contribution in [0.1, 0.15) is 29.3 Å². The van der Waals surface area contributed by atoms with Gasteiger partial charge in [-0.05, 0) is 49.7 Å². The summed E-state index contributed by atoms with van der Waals surface area (Å²) in [6.07, 6.45) is -0.0669. The molecule has 0 bridgehead atoms. The Morgan fingerprint density at radius 1 is 1.10 bits per heavy atom. The quantitative estimate of drug-likeness (QED) is 0.345. The minimum Gasteiger partial charge on any atom is -0.484 e. The summed E-state index contributed by atoms with van der Waals surface area (Å²) in [5.74, 6) is -0.825. The van der Waals surface area contributed by atoms with Crippen LogP contribution in [-0.2, 0) is 14.3 Å². The number of carbonyl (C=O) groups is 3. The molecular formula is C21H22BrN3O5. The van der Waals surface area contributed by atoms with Crippen molar-refractivity contribution in [1.29, 1.82) is 0 Å². The van der Waals surface area contributed by atoms with Crippen LogP contribution in [-0.4, -0.2) is 37.2 Å². The van der Waals surface area contributed by atoms with Gasteiger partial charge in [-0.15, -0.1) is 0 Å². The molecular weight excluding hydrogens is 454 g/mol. The number of benzene rings is 2. The van der Waals surface area contributed by atoms with E-state index in [-0.39, 0.29) is 24.5 Å². The number of esters is 1. The van der Waals surface area contributed by atoms with Crippen molar-refractivity contribution in [2.24, 2.45) is 5.10 Å². The molecule has 9 heteroatoms. The van der Waals surface area contributed by atoms with Gasteiger partial charge in [0.05, 0.1) is 24.8 Å². The molecule has 0 aliphatic carbocycles. The molecule has 2 N–H and O–H groups in total. The molecule has 0 fully saturated rings. The van der Waals surface area contributed by atoms with Crippen molar-refractivity contribution in [3.8, 4) is 5.75 Å². The van der Waals surface area contributed by atoms with Crippen molar-refractivity contribution in [2.75, 3.05) is 19.0 Å². The van der Waals surface area contributed by atoms with Gasteiger partial charge in [0.2, 0.25) is 5.91 Å². The number of hydrazone groups is 1. The summed E-state index contributed by atoms with van der Waals surface area (Å²) in [6, 6.07) is 11.9. The smallest absolute Gasteiger partial charge is 0.339 e. The topological polar surface area (TPSA) is 106 Å². The fraction of sp³-hybridized carbons (Fsp3) is 0.238. The Morgan fingerprint density at radius 3 is 2.53 bits per heavy atom. The lowest BCUT2D eigenvalue weighted by molar-refractivity contribution is -0.123. The summed E-state index contributed by atoms with van der Waals surface area (Å²) in [5, 5.41) is 6.54. The number of methoxy groups -OCH3 is 1. The van der Waals surface area contributed by atoms with Crippen molar-refractivity contribution in [3.05, 3.63) is 58.1 Å². The lowest BCUT2D eigenvalue weighted by Gasteiger charge is -2.10. The van der Waals surface area contributed by atoms with Crippen molar-refractivity contribution in [1.82, 2.24) is 5.43 Å². The lowest BCUT2D eigenvalue weighted by atomic mass is 10.1. The van der Waals surface area contributed by atoms with Gasteiger partial charge in [0.1, 0.15) is 5.75 Å². The van der Waals surface area contributed by atoms with Gasteiger partial charge >= 0.3 is 5.97 Å². The van der Waals surface area contributed by atoms with Gasteiger partial charge in [0, 0.05) is 10.2 Å². The third-order valence-electron chi connectivity index (χ3n) is 3.89. The molecule has 2 aromatic rings. The number of ether oxygens (including phenoxy) is 2. The van der Waals surface area contributed by atoms with Crippen LogP contribution in [0.25, 0.3) is 0 Å². The van der Waals surface area contributed by atoms with Crippen molar-refractivity contribution >= 4 is 45.1 Å². The van der Waals surface area contributed by atoms with Gasteiger partial charge in [0.25, 0.3) is 5.91 Å². The zero-order chi connectivity index (χ0) is 22.1. The molecule has 0 aromatic heterocycles. The normalized spacial score (nSPS) is 10.9. The number of hydrogen-bond donors (Lipinski definition) is 2. The first-order chi connectivity index (χ1) is 14.3. The fourth-order valence-corrected chi connectivity index (χ4v) is 2.64. The number of aryl methyl sites for hydroxylation is 1. The highest BCUT2D eigenvalue weighted by molar-refractivity contribution is 9.10. The van der Waals surface area contributed by atoms with Crippen LogP contribution in [0, 0.1) is 6.92 Å². The number of nitrogens with zero attached hydrogens (tertiary/aromatic N) is 1. The first kappa shape index (κ1) is 23.1. The van der Waals surface area contributed by atoms with E-state index in [1.165, 1.54) is 7.11 Å². The molecule has 0 saturated carbocycles. The highest BCUT2D eigenvalue weighted by Gasteiger charge is 2.14. The fourth-order valence-electron chi connectivity index (χ4n) is 2.39. The van der Waals surface area contributed by atoms with Crippen LogP contribution in [0.2, 0.25) is 0 Å². The van der Waals surface area contributed by atoms with Gasteiger partial charge in [-0.3, -0.25) is 9.59 Å². The van der Waals surface area contributed by atoms with E-state index in [0.29, 0.717) is 17.1 Å². The summed E-state index contributed by atoms with van der Waals surface area (Å²) in [5.41, 5.74) is 4.30. The molecule has 2 aromatic carbocycles. The number of para-hydroxylation sites is 1. The van der Waals surface area contributed by atoms with E-state index < -0.39 is 11.9 Å². The van der Waals surface area contributed by atoms with Crippen molar-refractivity contribution < 1.29 is 23.9 Å². The zero-order valence-corrected chi connectivity index (χ0v) is 18.4. The average Bonchev–Trinajstić information content (AvgIpc) is 2.72. The Kier molecular flexibility index (Phi) is 8.54. The van der Waals surface area contributed by atoms with Crippen LogP contribution < -0.4 is 15.5 Å². The Labute approximate surface area is 182 Å². The average molecular weight is 476 g/mol. The molecule has 0 atom stereocenters. The predicted octanol–water partition coefficient (Wildman–Crippen LogP) is 3.44. The van der Waals surface area contributed by atoms with Crippen LogP contribution in [0.5, 0.6) is 5.75 Å². The molecule has 158 valence electrons. The molecule has 30 heavy (non-hydrogen) atoms. The maximum absolute atomic E-state index is 12.2. The molecule has 0 saturated heterocycles. The van der Waals surface area contributed by atoms with Crippen LogP contribution >= 0.6 is 15.9 Å². The number of carbonyl (C=O) groups excluding carboxylic acids is 3. The molecule has 8 nitrogen and oxygen atoms in total. The second kappa shape index (κ2) is 11.1. The minimum atomic E-state index is -0.551. The van der Waals surface area contributed by atoms with Gasteiger partial charge in [-0.2, -0.15) is 5.10 Å². The maximum atomic E-state index is 12.2. The van der Waals surface area contributed by atoms with E-state index in [9.17, 15) is 14.4 Å². The Morgan fingerprint density at radius 2 is 1.83 bits per heavy atom. The number of nitrogens with one attached hydrogen (secondary N) is 2. The highest BCUT2D eigenvalue weighted by Crippen LogP contribution is 2.21. The van der Waals surface area contributed by atoms with Crippen LogP contribution in [0.4, 0.5) is 5.69 Å². The van der Waals surface area contributed by atoms with Crippen LogP contribution in [0.3, 0.4) is 0 Å². The number of amides is 2. The molecule has 0 unspecified atom stereocenters. The van der Waals surface area contributed by atoms with E-state index in [0.717, 1.165) is 10.0 Å². The Balaban J connectivity index is 1.84. The van der Waals surface area contributed by atoms with E-state index >= 15 is 0 Å². The number of halogens is 1. The standard InChI is InChI=1S/C21H22BrN3O5/c1-13-10-15(8-9-17(13)22)30-12-20(27)25-24-14(2)11-19(26)23-18-7-5-4-6-16(18)21(28)29-3/h4-10H,11-12H2,1-3H3,(H,23,26)(H,25,27)/b24-14+. The largest absolute Gasteiger partial charge is 0.484 e. The maximum Gasteiger partial charge on any atom is 0.339 e. The molecule has 0 aliphatic heterocycles. The minimum absolute atomic E-state index is 0.0669. The highest BCUT2D eigenvalue weighted by atomic mass is 79.9. The summed E-state index contributed by atoms with van der Waals surface area (Å²) < 4.78 is 11.1. The van der Waals surface area contributed by atoms with Gasteiger partial charge in [-0.25, -0.2) is 10.2 Å². The summed E-state index contributed by atoms with van der Waals surface area (Å²) in [6.45, 7) is 3.31. The summed E-state index contributed by atoms with van der Waals surface area (Å²) in [4.78, 5) is 35.9. The molecule has 2 amide bonds. The van der Waals surface area contributed by atoms with E-state index in [4.69, 9.17) is 9.47 Å². The first-order valence-electron chi connectivity index (χ1n) is 8.98. The molecule has 2 rings (SSSR count). The number of rotatable bonds is 8. The van der Waals surface area contributed by atoms with E-state index in [1.54, 1.807) is 37.3 Å². The molecule has 0 radical (unpaired) electrons. The zero-order valence-electron chi connectivity index (χ0n) is 16.8. The van der Waals surface area contributed by atoms with Crippen molar-refractivity contribution in [3.63, 3.8) is 0 Å². The number of anilines is 1. The summed E-state index contributed by atoms with van der Waals surface area (Å²) in [7, 11) is 1.27. The lowest BCUT2D eigenvalue weighted by Crippen LogP contribution is -2.26. The first-order valence-corrected chi connectivity index (χ1v) is 9.77. The predicted molar refractivity (Wildman–Crippen MR) is 117 cm³/mol. The van der Waals surface area contributed by atoms with Crippen LogP contribution in [0.15, 0.2) is 52.0 Å². The van der Waals surface area contributed by atoms with Gasteiger partial charge in [0.15, 0.2) is 6.61 Å². The molecule has 0 spiro atoms. The third kappa shape index (κ3) is 7.00. The van der Waals surface area contributed by atoms with Crippen molar-refractivity contribution in [2.45, 2.75) is 20.3 Å². The van der Waals surface area contributed by atoms with Gasteiger partial charge < -0.3 is 14.8 Å². The summed E-state index contributed by atoms with van der Waals surface area (Å²) >= 11 is 3.40. The Bertz CT molecular complexity index is 975. The Hall–Kier alpha value is -3.20. The second-order valence-corrected chi connectivity index (χ2v) is 7.20. The number of hydrogen-bond acceptors (Lipinski definition) is 6.